The molecule has 0 spiro atoms. The van der Waals surface area contributed by atoms with E-state index >= 15 is 0 Å². The number of amides is 1. The quantitative estimate of drug-likeness (QED) is 0.742. The third-order valence-corrected chi connectivity index (χ3v) is 8.91. The first-order valence-corrected chi connectivity index (χ1v) is 12.4. The van der Waals surface area contributed by atoms with E-state index in [1.165, 1.54) is 19.3 Å². The predicted molar refractivity (Wildman–Crippen MR) is 110 cm³/mol. The van der Waals surface area contributed by atoms with Crippen LogP contribution in [0.4, 0.5) is 5.69 Å². The van der Waals surface area contributed by atoms with E-state index < -0.39 is 10.0 Å². The number of sulfonamides is 1. The number of rotatable bonds is 6. The topological polar surface area (TPSA) is 84.5 Å². The standard InChI is InChI=1S/C22H30N2O4S/c25-21(22-11-15-8-16(12-22)10-17(9-15)13-22)24-18-3-5-20(6-4-18)29(26,27)23-14-19-2-1-7-28-19/h3-6,15-17,19,23H,1-2,7-14H2,(H,24,25). The minimum atomic E-state index is -3.57. The first-order chi connectivity index (χ1) is 13.9. The number of benzene rings is 1. The molecule has 0 radical (unpaired) electrons. The number of anilines is 1. The van der Waals surface area contributed by atoms with Gasteiger partial charge in [-0.1, -0.05) is 0 Å². The second-order valence-corrected chi connectivity index (χ2v) is 11.4. The number of carbonyl (C=O) groups is 1. The largest absolute Gasteiger partial charge is 0.377 e. The molecular formula is C22H30N2O4S. The number of hydrogen-bond donors (Lipinski definition) is 2. The zero-order valence-corrected chi connectivity index (χ0v) is 17.5. The fraction of sp³-hybridized carbons (Fsp3) is 0.682. The van der Waals surface area contributed by atoms with E-state index in [-0.39, 0.29) is 22.3 Å². The minimum Gasteiger partial charge on any atom is -0.377 e. The normalized spacial score (nSPS) is 35.7. The predicted octanol–water partition coefficient (Wildman–Crippen LogP) is 3.30. The molecule has 1 aromatic carbocycles. The summed E-state index contributed by atoms with van der Waals surface area (Å²) in [5, 5.41) is 3.08. The molecule has 0 aromatic heterocycles. The third kappa shape index (κ3) is 3.84. The summed E-state index contributed by atoms with van der Waals surface area (Å²) in [6, 6.07) is 6.51. The first-order valence-electron chi connectivity index (χ1n) is 10.9. The molecule has 158 valence electrons. The van der Waals surface area contributed by atoms with Gasteiger partial charge in [-0.15, -0.1) is 0 Å². The Morgan fingerprint density at radius 2 is 1.66 bits per heavy atom. The summed E-state index contributed by atoms with van der Waals surface area (Å²) < 4.78 is 33.1. The van der Waals surface area contributed by atoms with Crippen LogP contribution in [0.25, 0.3) is 0 Å². The Balaban J connectivity index is 1.23. The molecule has 5 aliphatic rings. The molecule has 1 saturated heterocycles. The van der Waals surface area contributed by atoms with E-state index in [0.717, 1.165) is 49.9 Å². The lowest BCUT2D eigenvalue weighted by Gasteiger charge is -2.55. The second-order valence-electron chi connectivity index (χ2n) is 9.66. The summed E-state index contributed by atoms with van der Waals surface area (Å²) >= 11 is 0. The number of carbonyl (C=O) groups excluding carboxylic acids is 1. The first kappa shape index (κ1) is 19.5. The average Bonchev–Trinajstić information content (AvgIpc) is 3.20. The molecule has 29 heavy (non-hydrogen) atoms. The van der Waals surface area contributed by atoms with Gasteiger partial charge in [0, 0.05) is 18.8 Å². The van der Waals surface area contributed by atoms with Crippen LogP contribution in [0.15, 0.2) is 29.2 Å². The van der Waals surface area contributed by atoms with Crippen molar-refractivity contribution in [2.24, 2.45) is 23.2 Å². The summed E-state index contributed by atoms with van der Waals surface area (Å²) in [4.78, 5) is 13.4. The minimum absolute atomic E-state index is 0.0383. The number of ether oxygens (including phenoxy) is 1. The number of hydrogen-bond acceptors (Lipinski definition) is 4. The monoisotopic (exact) mass is 418 g/mol. The zero-order chi connectivity index (χ0) is 20.1. The molecule has 2 N–H and O–H groups in total. The lowest BCUT2D eigenvalue weighted by molar-refractivity contribution is -0.140. The van der Waals surface area contributed by atoms with Gasteiger partial charge in [0.05, 0.1) is 16.4 Å². The van der Waals surface area contributed by atoms with Crippen LogP contribution in [0.1, 0.15) is 51.4 Å². The van der Waals surface area contributed by atoms with Crippen molar-refractivity contribution < 1.29 is 17.9 Å². The SMILES string of the molecule is O=C(Nc1ccc(S(=O)(=O)NCC2CCCO2)cc1)C12CC3CC(CC(C3)C1)C2. The third-order valence-electron chi connectivity index (χ3n) is 7.47. The van der Waals surface area contributed by atoms with Gasteiger partial charge < -0.3 is 10.1 Å². The van der Waals surface area contributed by atoms with Gasteiger partial charge in [-0.3, -0.25) is 4.79 Å². The van der Waals surface area contributed by atoms with Crippen LogP contribution in [0.5, 0.6) is 0 Å². The molecule has 1 amide bonds. The fourth-order valence-electron chi connectivity index (χ4n) is 6.46. The van der Waals surface area contributed by atoms with Gasteiger partial charge in [0.25, 0.3) is 0 Å². The maximum atomic E-state index is 13.1. The summed E-state index contributed by atoms with van der Waals surface area (Å²) in [7, 11) is -3.57. The van der Waals surface area contributed by atoms with E-state index in [9.17, 15) is 13.2 Å². The Bertz CT molecular complexity index is 839. The average molecular weight is 419 g/mol. The summed E-state index contributed by atoms with van der Waals surface area (Å²) in [5.74, 6) is 2.28. The van der Waals surface area contributed by atoms with Gasteiger partial charge in [-0.2, -0.15) is 0 Å². The molecule has 4 aliphatic carbocycles. The molecule has 5 fully saturated rings. The van der Waals surface area contributed by atoms with E-state index in [2.05, 4.69) is 10.0 Å². The van der Waals surface area contributed by atoms with Gasteiger partial charge >= 0.3 is 0 Å². The Morgan fingerprint density at radius 1 is 1.03 bits per heavy atom. The highest BCUT2D eigenvalue weighted by Gasteiger charge is 2.54. The van der Waals surface area contributed by atoms with Gasteiger partial charge in [-0.25, -0.2) is 13.1 Å². The van der Waals surface area contributed by atoms with E-state index in [0.29, 0.717) is 18.8 Å². The van der Waals surface area contributed by atoms with Crippen LogP contribution < -0.4 is 10.0 Å². The van der Waals surface area contributed by atoms with Crippen molar-refractivity contribution in [2.45, 2.75) is 62.4 Å². The molecule has 6 rings (SSSR count). The van der Waals surface area contributed by atoms with Crippen molar-refractivity contribution in [3.05, 3.63) is 24.3 Å². The Morgan fingerprint density at radius 3 is 2.21 bits per heavy atom. The van der Waals surface area contributed by atoms with Crippen LogP contribution in [0.3, 0.4) is 0 Å². The van der Waals surface area contributed by atoms with Crippen molar-refractivity contribution in [2.75, 3.05) is 18.5 Å². The summed E-state index contributed by atoms with van der Waals surface area (Å²) in [6.45, 7) is 0.997. The molecule has 1 aromatic rings. The van der Waals surface area contributed by atoms with E-state index in [4.69, 9.17) is 4.74 Å². The lowest BCUT2D eigenvalue weighted by Crippen LogP contribution is -2.51. The van der Waals surface area contributed by atoms with E-state index in [1.54, 1.807) is 24.3 Å². The number of nitrogens with one attached hydrogen (secondary N) is 2. The molecule has 4 saturated carbocycles. The van der Waals surface area contributed by atoms with Crippen molar-refractivity contribution in [3.8, 4) is 0 Å². The second kappa shape index (κ2) is 7.36. The van der Waals surface area contributed by atoms with Crippen LogP contribution in [-0.4, -0.2) is 33.6 Å². The van der Waals surface area contributed by atoms with Crippen LogP contribution in [-0.2, 0) is 19.6 Å². The zero-order valence-electron chi connectivity index (χ0n) is 16.7. The Kier molecular flexibility index (Phi) is 4.95. The maximum Gasteiger partial charge on any atom is 0.240 e. The van der Waals surface area contributed by atoms with E-state index in [1.807, 2.05) is 0 Å². The van der Waals surface area contributed by atoms with Gasteiger partial charge in [0.15, 0.2) is 0 Å². The molecule has 1 unspecified atom stereocenters. The maximum absolute atomic E-state index is 13.1. The Labute approximate surface area is 172 Å². The van der Waals surface area contributed by atoms with Crippen molar-refractivity contribution in [1.29, 1.82) is 0 Å². The molecule has 1 atom stereocenters. The highest BCUT2D eigenvalue weighted by molar-refractivity contribution is 7.89. The van der Waals surface area contributed by atoms with Crippen LogP contribution >= 0.6 is 0 Å². The molecule has 6 nitrogen and oxygen atoms in total. The molecule has 7 heteroatoms. The van der Waals surface area contributed by atoms with Crippen molar-refractivity contribution in [3.63, 3.8) is 0 Å². The van der Waals surface area contributed by atoms with Gasteiger partial charge in [0.1, 0.15) is 0 Å². The van der Waals surface area contributed by atoms with Crippen LogP contribution in [0.2, 0.25) is 0 Å². The highest BCUT2D eigenvalue weighted by Crippen LogP contribution is 2.60. The van der Waals surface area contributed by atoms with Crippen molar-refractivity contribution >= 4 is 21.6 Å². The molecule has 1 heterocycles. The lowest BCUT2D eigenvalue weighted by atomic mass is 9.49. The van der Waals surface area contributed by atoms with Gasteiger partial charge in [-0.05, 0) is 93.4 Å². The molecule has 1 aliphatic heterocycles. The fourth-order valence-corrected chi connectivity index (χ4v) is 7.53. The Hall–Kier alpha value is -1.44. The van der Waals surface area contributed by atoms with Crippen LogP contribution in [0, 0.1) is 23.2 Å². The summed E-state index contributed by atoms with van der Waals surface area (Å²) in [5.41, 5.74) is 0.464. The van der Waals surface area contributed by atoms with Crippen molar-refractivity contribution in [1.82, 2.24) is 4.72 Å². The van der Waals surface area contributed by atoms with Gasteiger partial charge in [0.2, 0.25) is 15.9 Å². The highest BCUT2D eigenvalue weighted by atomic mass is 32.2. The molecule has 4 bridgehead atoms. The smallest absolute Gasteiger partial charge is 0.240 e. The molecular weight excluding hydrogens is 388 g/mol. The summed E-state index contributed by atoms with van der Waals surface area (Å²) in [6.07, 6.45) is 8.79.